The Kier molecular flexibility index (Phi) is 8.32. The topological polar surface area (TPSA) is 104 Å². The number of carbonyl (C=O) groups is 2. The van der Waals surface area contributed by atoms with Gasteiger partial charge in [0.15, 0.2) is 0 Å². The van der Waals surface area contributed by atoms with Gasteiger partial charge in [0.05, 0.1) is 33.4 Å². The van der Waals surface area contributed by atoms with Crippen LogP contribution in [0.15, 0.2) is 36.4 Å². The van der Waals surface area contributed by atoms with Gasteiger partial charge in [0.1, 0.15) is 17.3 Å². The molecule has 0 aromatic heterocycles. The summed E-state index contributed by atoms with van der Waals surface area (Å²) >= 11 is 0. The molecule has 6 heteroatoms. The quantitative estimate of drug-likeness (QED) is 0.642. The Labute approximate surface area is 171 Å². The van der Waals surface area contributed by atoms with Gasteiger partial charge in [-0.2, -0.15) is 0 Å². The van der Waals surface area contributed by atoms with Crippen LogP contribution in [0, 0.1) is 5.41 Å². The van der Waals surface area contributed by atoms with E-state index in [1.807, 2.05) is 43.3 Å². The summed E-state index contributed by atoms with van der Waals surface area (Å²) in [4.78, 5) is 23.3. The predicted molar refractivity (Wildman–Crippen MR) is 111 cm³/mol. The van der Waals surface area contributed by atoms with Crippen LogP contribution in [0.1, 0.15) is 44.1 Å². The first-order chi connectivity index (χ1) is 13.9. The molecule has 0 saturated heterocycles. The average molecular weight is 402 g/mol. The lowest BCUT2D eigenvalue weighted by atomic mass is 9.81. The van der Waals surface area contributed by atoms with Crippen LogP contribution in [0.25, 0.3) is 10.8 Å². The largest absolute Gasteiger partial charge is 0.496 e. The van der Waals surface area contributed by atoms with Crippen LogP contribution >= 0.6 is 0 Å². The highest BCUT2D eigenvalue weighted by Gasteiger charge is 2.28. The monoisotopic (exact) mass is 402 g/mol. The maximum Gasteiger partial charge on any atom is 0.140 e. The number of methoxy groups -OCH3 is 1. The van der Waals surface area contributed by atoms with Crippen molar-refractivity contribution in [1.82, 2.24) is 0 Å². The Hall–Kier alpha value is -2.28. The molecule has 1 fully saturated rings. The van der Waals surface area contributed by atoms with Gasteiger partial charge >= 0.3 is 0 Å². The standard InChI is InChI=1S/C17H16O3.C6H14O3/c1-20-17-7-6-14(15-4-2-3-5-16(15)17)11-8-12(18)10-13(19)9-11;1-2-6(3-7,4-8)5-9/h2-7,11H,8-10H2,1H3;7-9H,2-5H2,1H3. The van der Waals surface area contributed by atoms with Crippen molar-refractivity contribution in [1.29, 1.82) is 0 Å². The van der Waals surface area contributed by atoms with E-state index in [1.165, 1.54) is 0 Å². The highest BCUT2D eigenvalue weighted by Crippen LogP contribution is 2.37. The molecule has 0 radical (unpaired) electrons. The number of aliphatic hydroxyl groups excluding tert-OH is 3. The Balaban J connectivity index is 0.000000284. The fourth-order valence-electron chi connectivity index (χ4n) is 3.52. The fourth-order valence-corrected chi connectivity index (χ4v) is 3.52. The van der Waals surface area contributed by atoms with Crippen LogP contribution in [0.3, 0.4) is 0 Å². The first kappa shape index (κ1) is 23.0. The van der Waals surface area contributed by atoms with E-state index in [2.05, 4.69) is 0 Å². The molecule has 1 saturated carbocycles. The van der Waals surface area contributed by atoms with Gasteiger partial charge in [-0.15, -0.1) is 0 Å². The summed E-state index contributed by atoms with van der Waals surface area (Å²) in [5, 5.41) is 28.1. The van der Waals surface area contributed by atoms with Gasteiger partial charge in [0.2, 0.25) is 0 Å². The molecule has 1 aliphatic rings. The Bertz CT molecular complexity index is 807. The number of ether oxygens (including phenoxy) is 1. The van der Waals surface area contributed by atoms with E-state index in [4.69, 9.17) is 20.1 Å². The molecule has 29 heavy (non-hydrogen) atoms. The number of hydrogen-bond donors (Lipinski definition) is 3. The third-order valence-corrected chi connectivity index (χ3v) is 5.68. The van der Waals surface area contributed by atoms with E-state index in [-0.39, 0.29) is 43.7 Å². The zero-order valence-electron chi connectivity index (χ0n) is 17.1. The molecule has 0 aliphatic heterocycles. The molecule has 2 aromatic carbocycles. The fraction of sp³-hybridized carbons (Fsp3) is 0.478. The molecule has 0 spiro atoms. The van der Waals surface area contributed by atoms with Gasteiger partial charge in [0.25, 0.3) is 0 Å². The molecule has 1 aliphatic carbocycles. The highest BCUT2D eigenvalue weighted by molar-refractivity contribution is 6.03. The van der Waals surface area contributed by atoms with Crippen molar-refractivity contribution in [2.24, 2.45) is 5.41 Å². The Morgan fingerprint density at radius 3 is 1.93 bits per heavy atom. The van der Waals surface area contributed by atoms with Crippen molar-refractivity contribution in [2.75, 3.05) is 26.9 Å². The summed E-state index contributed by atoms with van der Waals surface area (Å²) in [6, 6.07) is 11.9. The number of carbonyl (C=O) groups excluding carboxylic acids is 2. The first-order valence-corrected chi connectivity index (χ1v) is 9.85. The van der Waals surface area contributed by atoms with Crippen LogP contribution in [-0.2, 0) is 9.59 Å². The number of ketones is 2. The molecular weight excluding hydrogens is 372 g/mol. The van der Waals surface area contributed by atoms with E-state index in [0.717, 1.165) is 22.1 Å². The van der Waals surface area contributed by atoms with E-state index in [9.17, 15) is 9.59 Å². The third-order valence-electron chi connectivity index (χ3n) is 5.68. The summed E-state index contributed by atoms with van der Waals surface area (Å²) < 4.78 is 5.38. The summed E-state index contributed by atoms with van der Waals surface area (Å²) in [7, 11) is 1.65. The first-order valence-electron chi connectivity index (χ1n) is 9.85. The normalized spacial score (nSPS) is 15.2. The van der Waals surface area contributed by atoms with Gasteiger partial charge in [0, 0.05) is 23.6 Å². The van der Waals surface area contributed by atoms with Crippen molar-refractivity contribution < 1.29 is 29.6 Å². The summed E-state index contributed by atoms with van der Waals surface area (Å²) in [5.41, 5.74) is 0.405. The molecule has 0 unspecified atom stereocenters. The zero-order valence-corrected chi connectivity index (χ0v) is 17.1. The van der Waals surface area contributed by atoms with E-state index in [1.54, 1.807) is 7.11 Å². The second-order valence-electron chi connectivity index (χ2n) is 7.59. The number of benzene rings is 2. The van der Waals surface area contributed by atoms with Crippen LogP contribution in [-0.4, -0.2) is 53.8 Å². The second-order valence-corrected chi connectivity index (χ2v) is 7.59. The lowest BCUT2D eigenvalue weighted by Gasteiger charge is -2.24. The van der Waals surface area contributed by atoms with E-state index >= 15 is 0 Å². The second kappa shape index (κ2) is 10.5. The maximum atomic E-state index is 11.7. The van der Waals surface area contributed by atoms with Gasteiger partial charge < -0.3 is 20.1 Å². The molecule has 0 amide bonds. The van der Waals surface area contributed by atoms with Crippen molar-refractivity contribution in [2.45, 2.75) is 38.5 Å². The molecule has 158 valence electrons. The summed E-state index contributed by atoms with van der Waals surface area (Å²) in [6.07, 6.45) is 1.62. The molecular formula is C23H30O6. The minimum atomic E-state index is -0.667. The molecule has 0 atom stereocenters. The lowest BCUT2D eigenvalue weighted by Crippen LogP contribution is -2.32. The third kappa shape index (κ3) is 5.41. The number of Topliss-reactive ketones (excluding diaryl/α,β-unsaturated/α-hetero) is 2. The number of rotatable bonds is 6. The SMILES string of the molecule is CCC(CO)(CO)CO.COc1ccc(C2CC(=O)CC(=O)C2)c2ccccc12. The molecule has 0 heterocycles. The van der Waals surface area contributed by atoms with Crippen molar-refractivity contribution in [3.63, 3.8) is 0 Å². The number of fused-ring (bicyclic) bond motifs is 1. The van der Waals surface area contributed by atoms with Crippen LogP contribution in [0.4, 0.5) is 0 Å². The van der Waals surface area contributed by atoms with E-state index in [0.29, 0.717) is 19.3 Å². The average Bonchev–Trinajstić information content (AvgIpc) is 2.75. The van der Waals surface area contributed by atoms with E-state index < -0.39 is 5.41 Å². The highest BCUT2D eigenvalue weighted by atomic mass is 16.5. The molecule has 3 rings (SSSR count). The van der Waals surface area contributed by atoms with Gasteiger partial charge in [-0.05, 0) is 29.4 Å². The summed E-state index contributed by atoms with van der Waals surface area (Å²) in [6.45, 7) is 1.35. The molecule has 2 aromatic rings. The molecule has 6 nitrogen and oxygen atoms in total. The minimum Gasteiger partial charge on any atom is -0.496 e. The lowest BCUT2D eigenvalue weighted by molar-refractivity contribution is -0.130. The Morgan fingerprint density at radius 1 is 0.931 bits per heavy atom. The van der Waals surface area contributed by atoms with Gasteiger partial charge in [-0.25, -0.2) is 0 Å². The smallest absolute Gasteiger partial charge is 0.140 e. The number of hydrogen-bond acceptors (Lipinski definition) is 6. The van der Waals surface area contributed by atoms with Crippen LogP contribution in [0.2, 0.25) is 0 Å². The van der Waals surface area contributed by atoms with Crippen molar-refractivity contribution >= 4 is 22.3 Å². The van der Waals surface area contributed by atoms with Crippen LogP contribution < -0.4 is 4.74 Å². The maximum absolute atomic E-state index is 11.7. The Morgan fingerprint density at radius 2 is 1.48 bits per heavy atom. The minimum absolute atomic E-state index is 0.000411. The van der Waals surface area contributed by atoms with Crippen LogP contribution in [0.5, 0.6) is 5.75 Å². The summed E-state index contributed by atoms with van der Waals surface area (Å²) in [5.74, 6) is 0.912. The zero-order chi connectivity index (χ0) is 21.4. The predicted octanol–water partition coefficient (Wildman–Crippen LogP) is 2.61. The van der Waals surface area contributed by atoms with Gasteiger partial charge in [-0.3, -0.25) is 9.59 Å². The van der Waals surface area contributed by atoms with Crippen molar-refractivity contribution in [3.05, 3.63) is 42.0 Å². The van der Waals surface area contributed by atoms with Crippen molar-refractivity contribution in [3.8, 4) is 5.75 Å². The molecule has 3 N–H and O–H groups in total. The molecule has 0 bridgehead atoms. The number of aliphatic hydroxyl groups is 3. The van der Waals surface area contributed by atoms with Gasteiger partial charge in [-0.1, -0.05) is 37.3 Å².